The number of fused-ring (bicyclic) bond motifs is 1. The zero-order valence-corrected chi connectivity index (χ0v) is 9.40. The first-order chi connectivity index (χ1) is 7.20. The van der Waals surface area contributed by atoms with Crippen LogP contribution in [0.5, 0.6) is 5.88 Å². The van der Waals surface area contributed by atoms with Gasteiger partial charge in [0.2, 0.25) is 0 Å². The Hall–Kier alpha value is -1.51. The predicted molar refractivity (Wildman–Crippen MR) is 60.3 cm³/mol. The molecule has 3 nitrogen and oxygen atoms in total. The van der Waals surface area contributed by atoms with E-state index in [1.165, 1.54) is 0 Å². The van der Waals surface area contributed by atoms with Crippen LogP contribution in [-0.4, -0.2) is 16.5 Å². The first-order valence-corrected chi connectivity index (χ1v) is 5.21. The molecule has 2 rings (SSSR count). The number of pyridine rings is 1. The fourth-order valence-electron chi connectivity index (χ4n) is 1.72. The highest BCUT2D eigenvalue weighted by molar-refractivity contribution is 5.43. The number of hydrogen-bond donors (Lipinski definition) is 0. The van der Waals surface area contributed by atoms with E-state index in [0.29, 0.717) is 5.92 Å². The first-order valence-electron chi connectivity index (χ1n) is 5.21. The molecule has 15 heavy (non-hydrogen) atoms. The van der Waals surface area contributed by atoms with Crippen LogP contribution in [0.2, 0.25) is 0 Å². The van der Waals surface area contributed by atoms with Crippen LogP contribution in [0.4, 0.5) is 0 Å². The predicted octanol–water partition coefficient (Wildman–Crippen LogP) is 2.54. The van der Waals surface area contributed by atoms with Crippen LogP contribution in [0.25, 0.3) is 5.65 Å². The largest absolute Gasteiger partial charge is 0.482 e. The summed E-state index contributed by atoms with van der Waals surface area (Å²) in [4.78, 5) is 4.54. The van der Waals surface area contributed by atoms with E-state index in [1.54, 1.807) is 7.11 Å². The van der Waals surface area contributed by atoms with Crippen LogP contribution in [0.15, 0.2) is 24.4 Å². The topological polar surface area (TPSA) is 26.5 Å². The molecular weight excluding hydrogens is 188 g/mol. The molecule has 0 radical (unpaired) electrons. The van der Waals surface area contributed by atoms with Crippen molar-refractivity contribution < 1.29 is 4.74 Å². The Morgan fingerprint density at radius 3 is 2.87 bits per heavy atom. The molecule has 0 saturated carbocycles. The van der Waals surface area contributed by atoms with Crippen LogP contribution < -0.4 is 4.74 Å². The Labute approximate surface area is 89.7 Å². The molecule has 0 atom stereocenters. The van der Waals surface area contributed by atoms with Crippen LogP contribution in [0, 0.1) is 5.92 Å². The average molecular weight is 204 g/mol. The molecule has 2 heterocycles. The van der Waals surface area contributed by atoms with E-state index in [2.05, 4.69) is 18.8 Å². The van der Waals surface area contributed by atoms with Gasteiger partial charge in [0.05, 0.1) is 12.8 Å². The number of imidazole rings is 1. The summed E-state index contributed by atoms with van der Waals surface area (Å²) in [5.74, 6) is 1.45. The Morgan fingerprint density at radius 2 is 2.20 bits per heavy atom. The van der Waals surface area contributed by atoms with Gasteiger partial charge in [-0.25, -0.2) is 4.98 Å². The number of methoxy groups -OCH3 is 1. The van der Waals surface area contributed by atoms with E-state index in [1.807, 2.05) is 28.8 Å². The summed E-state index contributed by atoms with van der Waals surface area (Å²) in [6, 6.07) is 5.89. The van der Waals surface area contributed by atoms with Crippen LogP contribution >= 0.6 is 0 Å². The van der Waals surface area contributed by atoms with Crippen molar-refractivity contribution in [2.24, 2.45) is 5.92 Å². The normalized spacial score (nSPS) is 11.2. The molecule has 0 spiro atoms. The second-order valence-electron chi connectivity index (χ2n) is 4.13. The van der Waals surface area contributed by atoms with E-state index in [9.17, 15) is 0 Å². The third kappa shape index (κ3) is 1.96. The fourth-order valence-corrected chi connectivity index (χ4v) is 1.72. The van der Waals surface area contributed by atoms with E-state index in [4.69, 9.17) is 4.74 Å². The van der Waals surface area contributed by atoms with Crippen LogP contribution in [0.3, 0.4) is 0 Å². The first kappa shape index (κ1) is 10.0. The van der Waals surface area contributed by atoms with Gasteiger partial charge in [-0.3, -0.25) is 4.40 Å². The summed E-state index contributed by atoms with van der Waals surface area (Å²) in [5, 5.41) is 0. The molecule has 0 aliphatic carbocycles. The van der Waals surface area contributed by atoms with Crippen molar-refractivity contribution in [3.8, 4) is 5.88 Å². The second kappa shape index (κ2) is 3.93. The van der Waals surface area contributed by atoms with E-state index in [0.717, 1.165) is 23.6 Å². The van der Waals surface area contributed by atoms with Crippen LogP contribution in [-0.2, 0) is 6.42 Å². The average Bonchev–Trinajstić information content (AvgIpc) is 2.58. The molecule has 0 aromatic carbocycles. The maximum atomic E-state index is 5.27. The van der Waals surface area contributed by atoms with Crippen LogP contribution in [0.1, 0.15) is 19.5 Å². The monoisotopic (exact) mass is 204 g/mol. The third-order valence-electron chi connectivity index (χ3n) is 2.33. The minimum Gasteiger partial charge on any atom is -0.482 e. The van der Waals surface area contributed by atoms with Crippen molar-refractivity contribution in [2.75, 3.05) is 7.11 Å². The quantitative estimate of drug-likeness (QED) is 0.768. The van der Waals surface area contributed by atoms with Gasteiger partial charge in [-0.1, -0.05) is 19.9 Å². The van der Waals surface area contributed by atoms with Gasteiger partial charge in [0, 0.05) is 6.20 Å². The smallest absolute Gasteiger partial charge is 0.198 e. The van der Waals surface area contributed by atoms with E-state index < -0.39 is 0 Å². The van der Waals surface area contributed by atoms with Crippen molar-refractivity contribution >= 4 is 5.65 Å². The Bertz CT molecular complexity index is 460. The summed E-state index contributed by atoms with van der Waals surface area (Å²) in [5.41, 5.74) is 2.07. The lowest BCUT2D eigenvalue weighted by molar-refractivity contribution is 0.392. The highest BCUT2D eigenvalue weighted by atomic mass is 16.5. The summed E-state index contributed by atoms with van der Waals surface area (Å²) in [6.45, 7) is 4.39. The van der Waals surface area contributed by atoms with Crippen molar-refractivity contribution in [1.82, 2.24) is 9.38 Å². The Morgan fingerprint density at radius 1 is 1.40 bits per heavy atom. The molecule has 0 N–H and O–H groups in total. The summed E-state index contributed by atoms with van der Waals surface area (Å²) in [7, 11) is 1.68. The van der Waals surface area contributed by atoms with Gasteiger partial charge in [-0.05, 0) is 24.5 Å². The summed E-state index contributed by atoms with van der Waals surface area (Å²) >= 11 is 0. The maximum Gasteiger partial charge on any atom is 0.198 e. The Kier molecular flexibility index (Phi) is 2.62. The molecule has 2 aromatic rings. The fraction of sp³-hybridized carbons (Fsp3) is 0.417. The van der Waals surface area contributed by atoms with Gasteiger partial charge < -0.3 is 4.74 Å². The molecule has 0 amide bonds. The molecule has 0 unspecified atom stereocenters. The van der Waals surface area contributed by atoms with Crippen molar-refractivity contribution in [1.29, 1.82) is 0 Å². The number of hydrogen-bond acceptors (Lipinski definition) is 2. The lowest BCUT2D eigenvalue weighted by atomic mass is 10.1. The minimum absolute atomic E-state index is 0.626. The van der Waals surface area contributed by atoms with Crippen molar-refractivity contribution in [3.05, 3.63) is 30.1 Å². The lowest BCUT2D eigenvalue weighted by Gasteiger charge is -2.01. The van der Waals surface area contributed by atoms with E-state index >= 15 is 0 Å². The molecule has 0 bridgehead atoms. The summed E-state index contributed by atoms with van der Waals surface area (Å²) < 4.78 is 7.25. The highest BCUT2D eigenvalue weighted by Gasteiger charge is 2.06. The SMILES string of the molecule is COc1cccc2nc(CC(C)C)cn12. The summed E-state index contributed by atoms with van der Waals surface area (Å²) in [6.07, 6.45) is 3.05. The van der Waals surface area contributed by atoms with Gasteiger partial charge >= 0.3 is 0 Å². The lowest BCUT2D eigenvalue weighted by Crippen LogP contribution is -1.93. The molecule has 2 aromatic heterocycles. The molecule has 80 valence electrons. The number of aromatic nitrogens is 2. The molecule has 0 aliphatic rings. The van der Waals surface area contributed by atoms with Gasteiger partial charge in [0.25, 0.3) is 0 Å². The zero-order chi connectivity index (χ0) is 10.8. The standard InChI is InChI=1S/C12H16N2O/c1-9(2)7-10-8-14-11(13-10)5-4-6-12(14)15-3/h4-6,8-9H,7H2,1-3H3. The zero-order valence-electron chi connectivity index (χ0n) is 9.40. The van der Waals surface area contributed by atoms with Crippen molar-refractivity contribution in [2.45, 2.75) is 20.3 Å². The van der Waals surface area contributed by atoms with Gasteiger partial charge in [-0.2, -0.15) is 0 Å². The highest BCUT2D eigenvalue weighted by Crippen LogP contribution is 2.16. The molecule has 0 fully saturated rings. The number of nitrogens with zero attached hydrogens (tertiary/aromatic N) is 2. The molecule has 3 heteroatoms. The van der Waals surface area contributed by atoms with Gasteiger partial charge in [0.15, 0.2) is 5.88 Å². The maximum absolute atomic E-state index is 5.27. The third-order valence-corrected chi connectivity index (χ3v) is 2.33. The molecular formula is C12H16N2O. The van der Waals surface area contributed by atoms with Crippen molar-refractivity contribution in [3.63, 3.8) is 0 Å². The number of ether oxygens (including phenoxy) is 1. The molecule has 0 saturated heterocycles. The minimum atomic E-state index is 0.626. The van der Waals surface area contributed by atoms with E-state index in [-0.39, 0.29) is 0 Å². The van der Waals surface area contributed by atoms with Gasteiger partial charge in [-0.15, -0.1) is 0 Å². The Balaban J connectivity index is 2.45. The second-order valence-corrected chi connectivity index (χ2v) is 4.13. The molecule has 0 aliphatic heterocycles. The van der Waals surface area contributed by atoms with Gasteiger partial charge in [0.1, 0.15) is 5.65 Å². The number of rotatable bonds is 3.